The fraction of sp³-hybridized carbons (Fsp3) is 0.360. The standard InChI is InChI=1S/C25H32N4OSi/c1-18-11-21(23(14-26)24-13-19-7-5-6-8-20(19)15-27-24)12-22-16-29(28-25(18)22)17-30-9-10-31(2,3)4/h5-8,11-13,15-16,23H,9-10,14,17,26H2,1-4H3. The van der Waals surface area contributed by atoms with Gasteiger partial charge in [0.1, 0.15) is 6.73 Å². The van der Waals surface area contributed by atoms with Crippen LogP contribution in [0.25, 0.3) is 21.7 Å². The van der Waals surface area contributed by atoms with Crippen LogP contribution in [0.4, 0.5) is 0 Å². The van der Waals surface area contributed by atoms with Gasteiger partial charge in [-0.15, -0.1) is 0 Å². The van der Waals surface area contributed by atoms with E-state index in [1.807, 2.05) is 16.9 Å². The Balaban J connectivity index is 1.59. The second kappa shape index (κ2) is 8.90. The van der Waals surface area contributed by atoms with Crippen LogP contribution in [-0.2, 0) is 11.5 Å². The maximum absolute atomic E-state index is 6.22. The molecule has 0 saturated heterocycles. The van der Waals surface area contributed by atoms with Crippen molar-refractivity contribution in [1.82, 2.24) is 14.8 Å². The van der Waals surface area contributed by atoms with E-state index in [1.165, 1.54) is 10.9 Å². The first-order chi connectivity index (χ1) is 14.8. The van der Waals surface area contributed by atoms with Crippen LogP contribution < -0.4 is 5.73 Å². The molecule has 2 aromatic carbocycles. The predicted octanol–water partition coefficient (Wildman–Crippen LogP) is 5.30. The number of aromatic nitrogens is 3. The molecule has 0 radical (unpaired) electrons. The summed E-state index contributed by atoms with van der Waals surface area (Å²) in [6.07, 6.45) is 4.01. The van der Waals surface area contributed by atoms with Crippen LogP contribution in [-0.4, -0.2) is 36.0 Å². The number of fused-ring (bicyclic) bond motifs is 2. The zero-order valence-electron chi connectivity index (χ0n) is 18.9. The molecule has 2 N–H and O–H groups in total. The number of hydrogen-bond acceptors (Lipinski definition) is 4. The van der Waals surface area contributed by atoms with Crippen molar-refractivity contribution < 1.29 is 4.74 Å². The van der Waals surface area contributed by atoms with E-state index >= 15 is 0 Å². The fourth-order valence-corrected chi connectivity index (χ4v) is 4.67. The fourth-order valence-electron chi connectivity index (χ4n) is 3.91. The maximum Gasteiger partial charge on any atom is 0.139 e. The molecule has 4 aromatic rings. The second-order valence-corrected chi connectivity index (χ2v) is 15.2. The highest BCUT2D eigenvalue weighted by molar-refractivity contribution is 6.76. The summed E-state index contributed by atoms with van der Waals surface area (Å²) in [5.41, 5.74) is 10.6. The highest BCUT2D eigenvalue weighted by atomic mass is 28.3. The molecule has 162 valence electrons. The molecular weight excluding hydrogens is 400 g/mol. The number of rotatable bonds is 8. The summed E-state index contributed by atoms with van der Waals surface area (Å²) in [5.74, 6) is 0.0454. The van der Waals surface area contributed by atoms with E-state index in [1.54, 1.807) is 0 Å². The molecule has 0 aliphatic heterocycles. The van der Waals surface area contributed by atoms with Gasteiger partial charge in [0, 0.05) is 56.0 Å². The first-order valence-corrected chi connectivity index (χ1v) is 14.6. The van der Waals surface area contributed by atoms with Gasteiger partial charge in [0.2, 0.25) is 0 Å². The molecule has 0 saturated carbocycles. The van der Waals surface area contributed by atoms with Gasteiger partial charge in [-0.2, -0.15) is 5.10 Å². The molecule has 0 aliphatic rings. The Kier molecular flexibility index (Phi) is 6.23. The Morgan fingerprint density at radius 3 is 2.58 bits per heavy atom. The van der Waals surface area contributed by atoms with Crippen molar-refractivity contribution in [3.05, 3.63) is 71.7 Å². The molecule has 2 aromatic heterocycles. The SMILES string of the molecule is Cc1cc(C(CN)c2cc3ccccc3cn2)cc2cn(COCC[Si](C)(C)C)nc12. The molecule has 4 rings (SSSR count). The molecule has 31 heavy (non-hydrogen) atoms. The topological polar surface area (TPSA) is 66.0 Å². The van der Waals surface area contributed by atoms with Gasteiger partial charge in [-0.05, 0) is 41.6 Å². The molecule has 0 bridgehead atoms. The van der Waals surface area contributed by atoms with Gasteiger partial charge in [-0.25, -0.2) is 4.68 Å². The van der Waals surface area contributed by atoms with Crippen molar-refractivity contribution in [3.63, 3.8) is 0 Å². The van der Waals surface area contributed by atoms with Crippen LogP contribution >= 0.6 is 0 Å². The van der Waals surface area contributed by atoms with Crippen molar-refractivity contribution in [2.24, 2.45) is 5.73 Å². The Labute approximate surface area is 185 Å². The van der Waals surface area contributed by atoms with Gasteiger partial charge in [0.15, 0.2) is 0 Å². The summed E-state index contributed by atoms with van der Waals surface area (Å²) >= 11 is 0. The molecule has 2 heterocycles. The summed E-state index contributed by atoms with van der Waals surface area (Å²) in [5, 5.41) is 8.19. The maximum atomic E-state index is 6.22. The zero-order valence-corrected chi connectivity index (χ0v) is 19.9. The van der Waals surface area contributed by atoms with E-state index in [9.17, 15) is 0 Å². The van der Waals surface area contributed by atoms with Crippen molar-refractivity contribution in [3.8, 4) is 0 Å². The van der Waals surface area contributed by atoms with Gasteiger partial charge in [0.05, 0.1) is 5.52 Å². The normalized spacial score (nSPS) is 13.2. The Morgan fingerprint density at radius 1 is 1.06 bits per heavy atom. The summed E-state index contributed by atoms with van der Waals surface area (Å²) in [6.45, 7) is 11.0. The molecule has 1 unspecified atom stereocenters. The Hall–Kier alpha value is -2.54. The number of pyridine rings is 1. The number of hydrogen-bond donors (Lipinski definition) is 1. The van der Waals surface area contributed by atoms with E-state index < -0.39 is 8.07 Å². The first kappa shape index (κ1) is 21.7. The first-order valence-electron chi connectivity index (χ1n) is 10.9. The quantitative estimate of drug-likeness (QED) is 0.303. The molecule has 0 amide bonds. The third-order valence-electron chi connectivity index (χ3n) is 5.74. The Morgan fingerprint density at radius 2 is 1.84 bits per heavy atom. The largest absolute Gasteiger partial charge is 0.360 e. The van der Waals surface area contributed by atoms with Crippen molar-refractivity contribution in [2.45, 2.75) is 45.3 Å². The van der Waals surface area contributed by atoms with Gasteiger partial charge >= 0.3 is 0 Å². The number of benzene rings is 2. The number of ether oxygens (including phenoxy) is 1. The summed E-state index contributed by atoms with van der Waals surface area (Å²) in [4.78, 5) is 4.72. The van der Waals surface area contributed by atoms with Crippen LogP contribution in [0.5, 0.6) is 0 Å². The third-order valence-corrected chi connectivity index (χ3v) is 7.44. The van der Waals surface area contributed by atoms with Gasteiger partial charge in [-0.1, -0.05) is 50.0 Å². The highest BCUT2D eigenvalue weighted by Crippen LogP contribution is 2.29. The lowest BCUT2D eigenvalue weighted by Gasteiger charge is -2.16. The average molecular weight is 433 g/mol. The second-order valence-electron chi connectivity index (χ2n) is 9.54. The summed E-state index contributed by atoms with van der Waals surface area (Å²) in [6, 6.07) is 16.0. The van der Waals surface area contributed by atoms with E-state index in [2.05, 4.69) is 69.2 Å². The van der Waals surface area contributed by atoms with Crippen LogP contribution in [0.15, 0.2) is 54.9 Å². The lowest BCUT2D eigenvalue weighted by atomic mass is 9.92. The third kappa shape index (κ3) is 5.03. The average Bonchev–Trinajstić information content (AvgIpc) is 3.15. The minimum Gasteiger partial charge on any atom is -0.360 e. The monoisotopic (exact) mass is 432 g/mol. The smallest absolute Gasteiger partial charge is 0.139 e. The van der Waals surface area contributed by atoms with Gasteiger partial charge < -0.3 is 10.5 Å². The van der Waals surface area contributed by atoms with E-state index in [0.717, 1.165) is 40.2 Å². The number of nitrogens with two attached hydrogens (primary N) is 1. The van der Waals surface area contributed by atoms with Gasteiger partial charge in [0.25, 0.3) is 0 Å². The number of aryl methyl sites for hydroxylation is 1. The minimum absolute atomic E-state index is 0.0454. The summed E-state index contributed by atoms with van der Waals surface area (Å²) in [7, 11) is -1.08. The van der Waals surface area contributed by atoms with Crippen LogP contribution in [0.1, 0.15) is 22.7 Å². The van der Waals surface area contributed by atoms with Crippen molar-refractivity contribution >= 4 is 29.7 Å². The predicted molar refractivity (Wildman–Crippen MR) is 131 cm³/mol. The summed E-state index contributed by atoms with van der Waals surface area (Å²) < 4.78 is 7.78. The van der Waals surface area contributed by atoms with Crippen LogP contribution in [0.2, 0.25) is 25.7 Å². The van der Waals surface area contributed by atoms with Crippen LogP contribution in [0.3, 0.4) is 0 Å². The van der Waals surface area contributed by atoms with E-state index in [4.69, 9.17) is 20.6 Å². The lowest BCUT2D eigenvalue weighted by Crippen LogP contribution is -2.22. The Bertz CT molecular complexity index is 1200. The lowest BCUT2D eigenvalue weighted by molar-refractivity contribution is 0.0791. The van der Waals surface area contributed by atoms with E-state index in [0.29, 0.717) is 13.3 Å². The number of nitrogens with zero attached hydrogens (tertiary/aromatic N) is 3. The molecule has 0 fully saturated rings. The minimum atomic E-state index is -1.08. The molecular formula is C25H32N4OSi. The van der Waals surface area contributed by atoms with Crippen LogP contribution in [0, 0.1) is 6.92 Å². The highest BCUT2D eigenvalue weighted by Gasteiger charge is 2.17. The molecule has 6 heteroatoms. The molecule has 0 aliphatic carbocycles. The van der Waals surface area contributed by atoms with Crippen molar-refractivity contribution in [2.75, 3.05) is 13.2 Å². The van der Waals surface area contributed by atoms with Gasteiger partial charge in [-0.3, -0.25) is 4.98 Å². The molecule has 5 nitrogen and oxygen atoms in total. The molecule has 1 atom stereocenters. The zero-order chi connectivity index (χ0) is 22.0. The van der Waals surface area contributed by atoms with Crippen molar-refractivity contribution in [1.29, 1.82) is 0 Å². The van der Waals surface area contributed by atoms with E-state index in [-0.39, 0.29) is 5.92 Å². The molecule has 0 spiro atoms.